The first-order valence-electron chi connectivity index (χ1n) is 9.78. The van der Waals surface area contributed by atoms with E-state index in [-0.39, 0.29) is 18.1 Å². The molecule has 1 amide bonds. The van der Waals surface area contributed by atoms with Crippen molar-refractivity contribution in [1.29, 1.82) is 0 Å². The van der Waals surface area contributed by atoms with Gasteiger partial charge in [0.05, 0.1) is 17.9 Å². The van der Waals surface area contributed by atoms with E-state index >= 15 is 0 Å². The first kappa shape index (κ1) is 17.6. The SMILES string of the molecule is CC(C)[C@@H]1CC[C@@H](C)C[C@H]1OC(=O)N1C[C@@H]2C=C[C@H]1[C@H]1C(=O)OC(=O)[C@H]12. The van der Waals surface area contributed by atoms with E-state index < -0.39 is 29.8 Å². The van der Waals surface area contributed by atoms with Gasteiger partial charge in [-0.15, -0.1) is 0 Å². The molecule has 6 nitrogen and oxygen atoms in total. The molecular formula is C20H27NO5. The Hall–Kier alpha value is -1.85. The van der Waals surface area contributed by atoms with Gasteiger partial charge in [-0.1, -0.05) is 39.3 Å². The van der Waals surface area contributed by atoms with Gasteiger partial charge in [-0.25, -0.2) is 4.79 Å². The molecule has 7 atom stereocenters. The lowest BCUT2D eigenvalue weighted by Crippen LogP contribution is -2.58. The van der Waals surface area contributed by atoms with Gasteiger partial charge >= 0.3 is 18.0 Å². The van der Waals surface area contributed by atoms with Crippen LogP contribution in [0.25, 0.3) is 0 Å². The van der Waals surface area contributed by atoms with Crippen LogP contribution in [-0.2, 0) is 19.1 Å². The third-order valence-corrected chi connectivity index (χ3v) is 6.73. The van der Waals surface area contributed by atoms with E-state index in [1.807, 2.05) is 12.2 Å². The van der Waals surface area contributed by atoms with Crippen molar-refractivity contribution in [2.24, 2.45) is 35.5 Å². The number of rotatable bonds is 2. The normalized spacial score (nSPS) is 41.4. The molecule has 2 aliphatic carbocycles. The van der Waals surface area contributed by atoms with Crippen LogP contribution in [-0.4, -0.2) is 41.6 Å². The Kier molecular flexibility index (Phi) is 4.32. The number of hydrogen-bond donors (Lipinski definition) is 0. The van der Waals surface area contributed by atoms with Crippen LogP contribution in [0.4, 0.5) is 4.79 Å². The molecule has 6 heteroatoms. The lowest BCUT2D eigenvalue weighted by molar-refractivity contribution is -0.153. The van der Waals surface area contributed by atoms with Crippen molar-refractivity contribution in [2.45, 2.75) is 52.2 Å². The monoisotopic (exact) mass is 361 g/mol. The van der Waals surface area contributed by atoms with Crippen LogP contribution >= 0.6 is 0 Å². The Morgan fingerprint density at radius 3 is 2.65 bits per heavy atom. The molecule has 2 saturated heterocycles. The van der Waals surface area contributed by atoms with Crippen molar-refractivity contribution in [2.75, 3.05) is 6.54 Å². The van der Waals surface area contributed by atoms with E-state index in [2.05, 4.69) is 20.8 Å². The Bertz CT molecular complexity index is 657. The van der Waals surface area contributed by atoms with Crippen LogP contribution in [0.5, 0.6) is 0 Å². The Labute approximate surface area is 153 Å². The summed E-state index contributed by atoms with van der Waals surface area (Å²) in [5, 5.41) is 0. The highest BCUT2D eigenvalue weighted by Crippen LogP contribution is 2.45. The molecule has 0 N–H and O–H groups in total. The van der Waals surface area contributed by atoms with Crippen molar-refractivity contribution < 1.29 is 23.9 Å². The van der Waals surface area contributed by atoms with Gasteiger partial charge in [0, 0.05) is 12.5 Å². The second-order valence-corrected chi connectivity index (χ2v) is 8.73. The van der Waals surface area contributed by atoms with Crippen molar-refractivity contribution >= 4 is 18.0 Å². The molecule has 5 aliphatic rings. The molecule has 0 aromatic rings. The highest BCUT2D eigenvalue weighted by molar-refractivity contribution is 5.98. The topological polar surface area (TPSA) is 72.9 Å². The minimum Gasteiger partial charge on any atom is -0.446 e. The van der Waals surface area contributed by atoms with Crippen molar-refractivity contribution in [3.8, 4) is 0 Å². The standard InChI is InChI=1S/C20H27NO5/c1-10(2)13-6-4-11(3)8-15(13)25-20(24)21-9-12-5-7-14(21)17-16(12)18(22)26-19(17)23/h5,7,10-17H,4,6,8-9H2,1-3H3/t11-,12+,13+,14+,15-,16+,17-/m1/s1. The van der Waals surface area contributed by atoms with Gasteiger partial charge in [-0.2, -0.15) is 0 Å². The number of piperidine rings is 1. The summed E-state index contributed by atoms with van der Waals surface area (Å²) in [5.74, 6) is -0.764. The molecule has 3 aliphatic heterocycles. The quantitative estimate of drug-likeness (QED) is 0.430. The lowest BCUT2D eigenvalue weighted by Gasteiger charge is -2.46. The van der Waals surface area contributed by atoms with Crippen molar-refractivity contribution in [1.82, 2.24) is 4.90 Å². The highest BCUT2D eigenvalue weighted by atomic mass is 16.6. The second kappa shape index (κ2) is 6.39. The molecule has 5 rings (SSSR count). The molecule has 2 bridgehead atoms. The fraction of sp³-hybridized carbons (Fsp3) is 0.750. The van der Waals surface area contributed by atoms with E-state index in [4.69, 9.17) is 9.47 Å². The van der Waals surface area contributed by atoms with Gasteiger partial charge in [0.25, 0.3) is 0 Å². The summed E-state index contributed by atoms with van der Waals surface area (Å²) >= 11 is 0. The zero-order valence-corrected chi connectivity index (χ0v) is 15.6. The first-order valence-corrected chi connectivity index (χ1v) is 9.78. The smallest absolute Gasteiger partial charge is 0.410 e. The molecule has 3 heterocycles. The van der Waals surface area contributed by atoms with Crippen LogP contribution in [0.3, 0.4) is 0 Å². The maximum Gasteiger partial charge on any atom is 0.410 e. The molecule has 0 spiro atoms. The fourth-order valence-electron chi connectivity index (χ4n) is 5.28. The summed E-state index contributed by atoms with van der Waals surface area (Å²) < 4.78 is 10.8. The fourth-order valence-corrected chi connectivity index (χ4v) is 5.28. The van der Waals surface area contributed by atoms with Gasteiger partial charge in [-0.3, -0.25) is 9.59 Å². The summed E-state index contributed by atoms with van der Waals surface area (Å²) in [6, 6.07) is -0.435. The molecule has 1 saturated carbocycles. The molecule has 0 aromatic heterocycles. The summed E-state index contributed by atoms with van der Waals surface area (Å²) in [7, 11) is 0. The molecule has 0 radical (unpaired) electrons. The number of amides is 1. The summed E-state index contributed by atoms with van der Waals surface area (Å²) in [5.41, 5.74) is 0. The van der Waals surface area contributed by atoms with Crippen LogP contribution in [0.1, 0.15) is 40.0 Å². The Morgan fingerprint density at radius 2 is 1.92 bits per heavy atom. The lowest BCUT2D eigenvalue weighted by atomic mass is 9.70. The number of carbonyl (C=O) groups excluding carboxylic acids is 3. The predicted octanol–water partition coefficient (Wildman–Crippen LogP) is 2.77. The van der Waals surface area contributed by atoms with Gasteiger partial charge in [0.15, 0.2) is 0 Å². The molecule has 3 fully saturated rings. The number of hydrogen-bond acceptors (Lipinski definition) is 5. The van der Waals surface area contributed by atoms with Crippen LogP contribution in [0.15, 0.2) is 12.2 Å². The van der Waals surface area contributed by atoms with Crippen LogP contribution < -0.4 is 0 Å². The van der Waals surface area contributed by atoms with E-state index in [1.165, 1.54) is 6.42 Å². The van der Waals surface area contributed by atoms with Crippen molar-refractivity contribution in [3.63, 3.8) is 0 Å². The Balaban J connectivity index is 1.50. The number of ether oxygens (including phenoxy) is 2. The zero-order valence-electron chi connectivity index (χ0n) is 15.6. The highest BCUT2D eigenvalue weighted by Gasteiger charge is 2.59. The minimum atomic E-state index is -0.579. The van der Waals surface area contributed by atoms with E-state index in [0.717, 1.165) is 12.8 Å². The summed E-state index contributed by atoms with van der Waals surface area (Å²) in [4.78, 5) is 38.6. The number of fused-ring (bicyclic) bond motifs is 1. The maximum atomic E-state index is 12.9. The second-order valence-electron chi connectivity index (χ2n) is 8.73. The first-order chi connectivity index (χ1) is 12.4. The summed E-state index contributed by atoms with van der Waals surface area (Å²) in [6.07, 6.45) is 6.50. The van der Waals surface area contributed by atoms with Crippen LogP contribution in [0, 0.1) is 35.5 Å². The van der Waals surface area contributed by atoms with Crippen molar-refractivity contribution in [3.05, 3.63) is 12.2 Å². The Morgan fingerprint density at radius 1 is 1.19 bits per heavy atom. The largest absolute Gasteiger partial charge is 0.446 e. The van der Waals surface area contributed by atoms with E-state index in [1.54, 1.807) is 4.90 Å². The average Bonchev–Trinajstić information content (AvgIpc) is 2.91. The number of cyclic esters (lactones) is 2. The average molecular weight is 361 g/mol. The van der Waals surface area contributed by atoms with Gasteiger partial charge < -0.3 is 14.4 Å². The summed E-state index contributed by atoms with van der Waals surface area (Å²) in [6.45, 7) is 6.97. The molecule has 26 heavy (non-hydrogen) atoms. The zero-order chi connectivity index (χ0) is 18.6. The van der Waals surface area contributed by atoms with Gasteiger partial charge in [0.1, 0.15) is 6.10 Å². The minimum absolute atomic E-state index is 0.0800. The molecule has 0 unspecified atom stereocenters. The molecule has 0 aromatic carbocycles. The third-order valence-electron chi connectivity index (χ3n) is 6.73. The van der Waals surface area contributed by atoms with Crippen LogP contribution in [0.2, 0.25) is 0 Å². The van der Waals surface area contributed by atoms with E-state index in [0.29, 0.717) is 24.3 Å². The third kappa shape index (κ3) is 2.74. The number of carbonyl (C=O) groups is 3. The van der Waals surface area contributed by atoms with Gasteiger partial charge in [-0.05, 0) is 30.6 Å². The maximum absolute atomic E-state index is 12.9. The number of nitrogens with zero attached hydrogens (tertiary/aromatic N) is 1. The van der Waals surface area contributed by atoms with Gasteiger partial charge in [0.2, 0.25) is 0 Å². The number of esters is 2. The van der Waals surface area contributed by atoms with E-state index in [9.17, 15) is 14.4 Å². The molecular weight excluding hydrogens is 334 g/mol. The molecule has 142 valence electrons. The predicted molar refractivity (Wildman–Crippen MR) is 92.8 cm³/mol.